The van der Waals surface area contributed by atoms with E-state index in [1.807, 2.05) is 0 Å². The highest BCUT2D eigenvalue weighted by Gasteiger charge is 2.25. The molecule has 2 rings (SSSR count). The van der Waals surface area contributed by atoms with Crippen LogP contribution in [0.2, 0.25) is 0 Å². The van der Waals surface area contributed by atoms with Gasteiger partial charge >= 0.3 is 0 Å². The van der Waals surface area contributed by atoms with Crippen LogP contribution in [0.25, 0.3) is 0 Å². The van der Waals surface area contributed by atoms with E-state index in [2.05, 4.69) is 22.2 Å². The van der Waals surface area contributed by atoms with E-state index in [1.54, 1.807) is 0 Å². The maximum atomic E-state index is 9.11. The molecular formula is C12H20N2O2. The molecule has 0 saturated carbocycles. The third-order valence-corrected chi connectivity index (χ3v) is 3.34. The normalized spacial score (nSPS) is 31.2. The van der Waals surface area contributed by atoms with Gasteiger partial charge in [0, 0.05) is 13.1 Å². The molecule has 90 valence electrons. The van der Waals surface area contributed by atoms with Crippen molar-refractivity contribution >= 4 is 5.71 Å². The zero-order valence-corrected chi connectivity index (χ0v) is 9.64. The van der Waals surface area contributed by atoms with Crippen molar-refractivity contribution in [1.29, 1.82) is 0 Å². The Hall–Kier alpha value is -0.870. The van der Waals surface area contributed by atoms with Crippen LogP contribution in [0.3, 0.4) is 0 Å². The molecule has 1 aliphatic heterocycles. The zero-order valence-electron chi connectivity index (χ0n) is 9.64. The Balaban J connectivity index is 2.04. The SMILES string of the molecule is O/N=C1\CCC=CCC[C@@H]1N1CCOCC1. The lowest BCUT2D eigenvalue weighted by Gasteiger charge is -2.35. The average Bonchev–Trinajstić information content (AvgIpc) is 2.30. The van der Waals surface area contributed by atoms with Crippen LogP contribution in [0, 0.1) is 0 Å². The van der Waals surface area contributed by atoms with E-state index >= 15 is 0 Å². The summed E-state index contributed by atoms with van der Waals surface area (Å²) in [5.74, 6) is 0. The van der Waals surface area contributed by atoms with E-state index in [0.717, 1.165) is 57.7 Å². The first kappa shape index (κ1) is 11.6. The van der Waals surface area contributed by atoms with Crippen LogP contribution >= 0.6 is 0 Å². The second kappa shape index (κ2) is 6.01. The highest BCUT2D eigenvalue weighted by Crippen LogP contribution is 2.17. The summed E-state index contributed by atoms with van der Waals surface area (Å²) < 4.78 is 5.36. The van der Waals surface area contributed by atoms with Crippen LogP contribution in [0.5, 0.6) is 0 Å². The molecule has 16 heavy (non-hydrogen) atoms. The first-order valence-corrected chi connectivity index (χ1v) is 6.09. The predicted molar refractivity (Wildman–Crippen MR) is 63.0 cm³/mol. The molecule has 0 bridgehead atoms. The Morgan fingerprint density at radius 3 is 2.75 bits per heavy atom. The van der Waals surface area contributed by atoms with Crippen molar-refractivity contribution in [3.05, 3.63) is 12.2 Å². The summed E-state index contributed by atoms with van der Waals surface area (Å²) in [6, 6.07) is 0.304. The number of allylic oxidation sites excluding steroid dienone is 2. The molecular weight excluding hydrogens is 204 g/mol. The van der Waals surface area contributed by atoms with Gasteiger partial charge < -0.3 is 9.94 Å². The van der Waals surface area contributed by atoms with Crippen molar-refractivity contribution in [3.8, 4) is 0 Å². The minimum atomic E-state index is 0.304. The van der Waals surface area contributed by atoms with Gasteiger partial charge in [0.15, 0.2) is 0 Å². The summed E-state index contributed by atoms with van der Waals surface area (Å²) in [7, 11) is 0. The second-order valence-electron chi connectivity index (χ2n) is 4.34. The molecule has 1 atom stereocenters. The van der Waals surface area contributed by atoms with Gasteiger partial charge in [0.2, 0.25) is 0 Å². The van der Waals surface area contributed by atoms with Crippen LogP contribution in [0.15, 0.2) is 17.3 Å². The molecule has 0 amide bonds. The smallest absolute Gasteiger partial charge is 0.0745 e. The van der Waals surface area contributed by atoms with Gasteiger partial charge in [-0.2, -0.15) is 0 Å². The van der Waals surface area contributed by atoms with Crippen molar-refractivity contribution in [1.82, 2.24) is 4.90 Å². The number of morpholine rings is 1. The lowest BCUT2D eigenvalue weighted by molar-refractivity contribution is 0.0269. The number of hydrogen-bond acceptors (Lipinski definition) is 4. The molecule has 1 aliphatic carbocycles. The molecule has 1 heterocycles. The largest absolute Gasteiger partial charge is 0.411 e. The summed E-state index contributed by atoms with van der Waals surface area (Å²) in [5, 5.41) is 12.6. The fraction of sp³-hybridized carbons (Fsp3) is 0.750. The molecule has 4 heteroatoms. The number of rotatable bonds is 1. The molecule has 0 spiro atoms. The number of ether oxygens (including phenoxy) is 1. The van der Waals surface area contributed by atoms with Gasteiger partial charge in [-0.15, -0.1) is 0 Å². The molecule has 1 saturated heterocycles. The van der Waals surface area contributed by atoms with Gasteiger partial charge in [0.25, 0.3) is 0 Å². The molecule has 0 aromatic rings. The van der Waals surface area contributed by atoms with Gasteiger partial charge in [-0.1, -0.05) is 17.3 Å². The number of hydrogen-bond donors (Lipinski definition) is 1. The molecule has 2 aliphatic rings. The van der Waals surface area contributed by atoms with E-state index in [-0.39, 0.29) is 0 Å². The van der Waals surface area contributed by atoms with Gasteiger partial charge in [-0.3, -0.25) is 4.90 Å². The maximum Gasteiger partial charge on any atom is 0.0745 e. The Labute approximate surface area is 96.6 Å². The molecule has 0 aromatic heterocycles. The number of nitrogens with zero attached hydrogens (tertiary/aromatic N) is 2. The van der Waals surface area contributed by atoms with Crippen molar-refractivity contribution < 1.29 is 9.94 Å². The summed E-state index contributed by atoms with van der Waals surface area (Å²) in [5.41, 5.74) is 0.936. The van der Waals surface area contributed by atoms with E-state index in [0.29, 0.717) is 6.04 Å². The van der Waals surface area contributed by atoms with Crippen molar-refractivity contribution in [2.24, 2.45) is 5.16 Å². The minimum Gasteiger partial charge on any atom is -0.411 e. The monoisotopic (exact) mass is 224 g/mol. The summed E-state index contributed by atoms with van der Waals surface area (Å²) in [6.07, 6.45) is 8.40. The lowest BCUT2D eigenvalue weighted by Crippen LogP contribution is -2.47. The number of oxime groups is 1. The minimum absolute atomic E-state index is 0.304. The van der Waals surface area contributed by atoms with Crippen molar-refractivity contribution in [2.75, 3.05) is 26.3 Å². The molecule has 1 fully saturated rings. The molecule has 0 aromatic carbocycles. The van der Waals surface area contributed by atoms with Crippen molar-refractivity contribution in [3.63, 3.8) is 0 Å². The third kappa shape index (κ3) is 2.83. The summed E-state index contributed by atoms with van der Waals surface area (Å²) >= 11 is 0. The third-order valence-electron chi connectivity index (χ3n) is 3.34. The Morgan fingerprint density at radius 1 is 1.25 bits per heavy atom. The first-order chi connectivity index (χ1) is 7.92. The zero-order chi connectivity index (χ0) is 11.2. The Kier molecular flexibility index (Phi) is 4.36. The fourth-order valence-electron chi connectivity index (χ4n) is 2.45. The Bertz CT molecular complexity index is 270. The highest BCUT2D eigenvalue weighted by molar-refractivity contribution is 5.89. The fourth-order valence-corrected chi connectivity index (χ4v) is 2.45. The standard InChI is InChI=1S/C12H20N2O2/c15-13-11-5-3-1-2-4-6-12(11)14-7-9-16-10-8-14/h1-2,12,15H,3-10H2/b2-1?,13-11+/t12-/m0/s1. The average molecular weight is 224 g/mol. The topological polar surface area (TPSA) is 45.1 Å². The van der Waals surface area contributed by atoms with Crippen LogP contribution in [0.4, 0.5) is 0 Å². The summed E-state index contributed by atoms with van der Waals surface area (Å²) in [4.78, 5) is 2.39. The molecule has 4 nitrogen and oxygen atoms in total. The molecule has 0 radical (unpaired) electrons. The molecule has 0 unspecified atom stereocenters. The van der Waals surface area contributed by atoms with Crippen LogP contribution in [-0.2, 0) is 4.74 Å². The second-order valence-corrected chi connectivity index (χ2v) is 4.34. The Morgan fingerprint density at radius 2 is 2.00 bits per heavy atom. The van der Waals surface area contributed by atoms with Gasteiger partial charge in [0.05, 0.1) is 25.0 Å². The summed E-state index contributed by atoms with van der Waals surface area (Å²) in [6.45, 7) is 3.50. The van der Waals surface area contributed by atoms with Crippen LogP contribution in [-0.4, -0.2) is 48.2 Å². The predicted octanol–water partition coefficient (Wildman–Crippen LogP) is 1.65. The van der Waals surface area contributed by atoms with Crippen LogP contribution < -0.4 is 0 Å². The van der Waals surface area contributed by atoms with E-state index in [9.17, 15) is 0 Å². The first-order valence-electron chi connectivity index (χ1n) is 6.09. The van der Waals surface area contributed by atoms with E-state index < -0.39 is 0 Å². The van der Waals surface area contributed by atoms with Gasteiger partial charge in [0.1, 0.15) is 0 Å². The highest BCUT2D eigenvalue weighted by atomic mass is 16.5. The van der Waals surface area contributed by atoms with E-state index in [4.69, 9.17) is 9.94 Å². The van der Waals surface area contributed by atoms with Gasteiger partial charge in [-0.05, 0) is 25.7 Å². The van der Waals surface area contributed by atoms with Crippen molar-refractivity contribution in [2.45, 2.75) is 31.7 Å². The lowest BCUT2D eigenvalue weighted by atomic mass is 9.97. The molecule has 1 N–H and O–H groups in total. The van der Waals surface area contributed by atoms with Gasteiger partial charge in [-0.25, -0.2) is 0 Å². The van der Waals surface area contributed by atoms with E-state index in [1.165, 1.54) is 0 Å². The maximum absolute atomic E-state index is 9.11. The quantitative estimate of drug-likeness (QED) is 0.418. The van der Waals surface area contributed by atoms with Crippen LogP contribution in [0.1, 0.15) is 25.7 Å².